The second-order valence-electron chi connectivity index (χ2n) is 3.37. The van der Waals surface area contributed by atoms with Crippen molar-refractivity contribution in [2.24, 2.45) is 5.73 Å². The Morgan fingerprint density at radius 3 is 1.94 bits per heavy atom. The van der Waals surface area contributed by atoms with Gasteiger partial charge in [0.2, 0.25) is 0 Å². The van der Waals surface area contributed by atoms with E-state index in [0.29, 0.717) is 0 Å². The average Bonchev–Trinajstić information content (AvgIpc) is 2.14. The van der Waals surface area contributed by atoms with Gasteiger partial charge < -0.3 is 5.73 Å². The molecular weight excluding hydrogens is 229 g/mol. The molecule has 1 aromatic rings. The Bertz CT molecular complexity index is 362. The summed E-state index contributed by atoms with van der Waals surface area (Å²) in [5.74, 6) is -2.52. The van der Waals surface area contributed by atoms with Crippen molar-refractivity contribution in [3.8, 4) is 0 Å². The lowest BCUT2D eigenvalue weighted by Gasteiger charge is -2.14. The second kappa shape index (κ2) is 4.37. The van der Waals surface area contributed by atoms with Gasteiger partial charge in [0.15, 0.2) is 0 Å². The zero-order valence-corrected chi connectivity index (χ0v) is 8.41. The van der Waals surface area contributed by atoms with Crippen molar-refractivity contribution in [2.45, 2.75) is 25.6 Å². The predicted molar refractivity (Wildman–Crippen MR) is 48.6 cm³/mol. The van der Waals surface area contributed by atoms with Crippen molar-refractivity contribution in [1.29, 1.82) is 0 Å². The minimum Gasteiger partial charge on any atom is -0.324 e. The summed E-state index contributed by atoms with van der Waals surface area (Å²) >= 11 is 0. The highest BCUT2D eigenvalue weighted by Crippen LogP contribution is 2.32. The van der Waals surface area contributed by atoms with Gasteiger partial charge in [-0.1, -0.05) is 6.92 Å². The van der Waals surface area contributed by atoms with Gasteiger partial charge in [-0.25, -0.2) is 8.78 Å². The van der Waals surface area contributed by atoms with Crippen LogP contribution < -0.4 is 5.73 Å². The molecule has 0 spiro atoms. The quantitative estimate of drug-likeness (QED) is 0.786. The SMILES string of the molecule is CC[C@H](N)c1c(F)cc(C(F)(F)F)cc1F. The molecule has 0 fully saturated rings. The number of hydrogen-bond donors (Lipinski definition) is 1. The Labute approximate surface area is 89.1 Å². The fourth-order valence-electron chi connectivity index (χ4n) is 1.31. The van der Waals surface area contributed by atoms with Crippen molar-refractivity contribution >= 4 is 0 Å². The molecule has 0 aliphatic heterocycles. The Balaban J connectivity index is 3.28. The first kappa shape index (κ1) is 12.9. The molecule has 0 unspecified atom stereocenters. The molecule has 90 valence electrons. The molecule has 1 nitrogen and oxygen atoms in total. The first-order chi connectivity index (χ1) is 7.27. The van der Waals surface area contributed by atoms with Crippen molar-refractivity contribution in [3.63, 3.8) is 0 Å². The lowest BCUT2D eigenvalue weighted by Crippen LogP contribution is -2.15. The van der Waals surface area contributed by atoms with Crippen molar-refractivity contribution in [3.05, 3.63) is 34.9 Å². The molecule has 0 amide bonds. The van der Waals surface area contributed by atoms with Crippen LogP contribution in [0.25, 0.3) is 0 Å². The Kier molecular flexibility index (Phi) is 3.52. The first-order valence-electron chi connectivity index (χ1n) is 4.59. The lowest BCUT2D eigenvalue weighted by atomic mass is 10.0. The van der Waals surface area contributed by atoms with E-state index in [1.165, 1.54) is 0 Å². The standard InChI is InChI=1S/C10H10F5N/c1-2-8(16)9-6(11)3-5(4-7(9)12)10(13,14)15/h3-4,8H,2,16H2,1H3/t8-/m0/s1. The van der Waals surface area contributed by atoms with E-state index < -0.39 is 35.0 Å². The maximum Gasteiger partial charge on any atom is 0.416 e. The normalized spacial score (nSPS) is 13.9. The molecule has 0 saturated heterocycles. The van der Waals surface area contributed by atoms with Crippen LogP contribution in [-0.2, 0) is 6.18 Å². The van der Waals surface area contributed by atoms with Gasteiger partial charge in [0.25, 0.3) is 0 Å². The highest BCUT2D eigenvalue weighted by Gasteiger charge is 2.33. The second-order valence-corrected chi connectivity index (χ2v) is 3.37. The maximum atomic E-state index is 13.3. The van der Waals surface area contributed by atoms with Gasteiger partial charge in [-0.3, -0.25) is 0 Å². The molecule has 6 heteroatoms. The molecular formula is C10H10F5N. The van der Waals surface area contributed by atoms with Crippen LogP contribution in [0, 0.1) is 11.6 Å². The van der Waals surface area contributed by atoms with Crippen LogP contribution in [-0.4, -0.2) is 0 Å². The number of halogens is 5. The van der Waals surface area contributed by atoms with E-state index in [2.05, 4.69) is 0 Å². The summed E-state index contributed by atoms with van der Waals surface area (Å²) in [6.45, 7) is 1.58. The van der Waals surface area contributed by atoms with Crippen LogP contribution >= 0.6 is 0 Å². The van der Waals surface area contributed by atoms with Gasteiger partial charge in [0.1, 0.15) is 11.6 Å². The van der Waals surface area contributed by atoms with Crippen LogP contribution in [0.15, 0.2) is 12.1 Å². The highest BCUT2D eigenvalue weighted by atomic mass is 19.4. The van der Waals surface area contributed by atoms with E-state index in [1.807, 2.05) is 0 Å². The molecule has 1 atom stereocenters. The van der Waals surface area contributed by atoms with Crippen LogP contribution in [0.1, 0.15) is 30.5 Å². The van der Waals surface area contributed by atoms with Crippen LogP contribution in [0.2, 0.25) is 0 Å². The van der Waals surface area contributed by atoms with Crippen molar-refractivity contribution in [2.75, 3.05) is 0 Å². The summed E-state index contributed by atoms with van der Waals surface area (Å²) in [5.41, 5.74) is 3.54. The van der Waals surface area contributed by atoms with Crippen molar-refractivity contribution < 1.29 is 22.0 Å². The largest absolute Gasteiger partial charge is 0.416 e. The Hall–Kier alpha value is -1.17. The minimum atomic E-state index is -4.77. The Morgan fingerprint density at radius 2 is 1.62 bits per heavy atom. The van der Waals surface area contributed by atoms with Crippen LogP contribution in [0.4, 0.5) is 22.0 Å². The fraction of sp³-hybridized carbons (Fsp3) is 0.400. The molecule has 0 heterocycles. The fourth-order valence-corrected chi connectivity index (χ4v) is 1.31. The van der Waals surface area contributed by atoms with Gasteiger partial charge >= 0.3 is 6.18 Å². The molecule has 0 radical (unpaired) electrons. The number of alkyl halides is 3. The Morgan fingerprint density at radius 1 is 1.19 bits per heavy atom. The van der Waals surface area contributed by atoms with E-state index in [4.69, 9.17) is 5.73 Å². The van der Waals surface area contributed by atoms with Crippen LogP contribution in [0.5, 0.6) is 0 Å². The van der Waals surface area contributed by atoms with Gasteiger partial charge in [-0.05, 0) is 18.6 Å². The summed E-state index contributed by atoms with van der Waals surface area (Å²) < 4.78 is 63.1. The zero-order chi connectivity index (χ0) is 12.5. The van der Waals surface area contributed by atoms with Gasteiger partial charge in [-0.2, -0.15) is 13.2 Å². The van der Waals surface area contributed by atoms with E-state index in [9.17, 15) is 22.0 Å². The summed E-state index contributed by atoms with van der Waals surface area (Å²) in [4.78, 5) is 0. The van der Waals surface area contributed by atoms with E-state index >= 15 is 0 Å². The highest BCUT2D eigenvalue weighted by molar-refractivity contribution is 5.30. The first-order valence-corrected chi connectivity index (χ1v) is 4.59. The molecule has 1 aromatic carbocycles. The molecule has 0 saturated carbocycles. The zero-order valence-electron chi connectivity index (χ0n) is 8.41. The monoisotopic (exact) mass is 239 g/mol. The number of rotatable bonds is 2. The number of nitrogens with two attached hydrogens (primary N) is 1. The molecule has 16 heavy (non-hydrogen) atoms. The van der Waals surface area contributed by atoms with Gasteiger partial charge in [0, 0.05) is 11.6 Å². The van der Waals surface area contributed by atoms with E-state index in [1.54, 1.807) is 6.92 Å². The molecule has 0 bridgehead atoms. The third kappa shape index (κ3) is 2.49. The molecule has 0 aliphatic rings. The molecule has 1 rings (SSSR count). The maximum absolute atomic E-state index is 13.3. The van der Waals surface area contributed by atoms with Crippen molar-refractivity contribution in [1.82, 2.24) is 0 Å². The summed E-state index contributed by atoms with van der Waals surface area (Å²) in [5, 5.41) is 0. The lowest BCUT2D eigenvalue weighted by molar-refractivity contribution is -0.138. The summed E-state index contributed by atoms with van der Waals surface area (Å²) in [7, 11) is 0. The third-order valence-corrected chi connectivity index (χ3v) is 2.22. The third-order valence-electron chi connectivity index (χ3n) is 2.22. The van der Waals surface area contributed by atoms with E-state index in [0.717, 1.165) is 0 Å². The van der Waals surface area contributed by atoms with Gasteiger partial charge in [0.05, 0.1) is 5.56 Å². The van der Waals surface area contributed by atoms with Crippen LogP contribution in [0.3, 0.4) is 0 Å². The summed E-state index contributed by atoms with van der Waals surface area (Å²) in [6.07, 6.45) is -4.53. The molecule has 0 aromatic heterocycles. The average molecular weight is 239 g/mol. The van der Waals surface area contributed by atoms with E-state index in [-0.39, 0.29) is 18.6 Å². The topological polar surface area (TPSA) is 26.0 Å². The number of benzene rings is 1. The predicted octanol–water partition coefficient (Wildman–Crippen LogP) is 3.39. The number of hydrogen-bond acceptors (Lipinski definition) is 1. The smallest absolute Gasteiger partial charge is 0.324 e. The summed E-state index contributed by atoms with van der Waals surface area (Å²) in [6, 6.07) is -0.427. The molecule has 0 aliphatic carbocycles. The minimum absolute atomic E-state index is 0.235. The molecule has 2 N–H and O–H groups in total. The van der Waals surface area contributed by atoms with Gasteiger partial charge in [-0.15, -0.1) is 0 Å².